The molecule has 1 aliphatic heterocycles. The van der Waals surface area contributed by atoms with Gasteiger partial charge in [-0.15, -0.1) is 0 Å². The minimum absolute atomic E-state index is 0.0522. The monoisotopic (exact) mass is 394 g/mol. The summed E-state index contributed by atoms with van der Waals surface area (Å²) < 4.78 is 23.0. The maximum atomic E-state index is 12.1. The topological polar surface area (TPSA) is 95.8 Å². The van der Waals surface area contributed by atoms with Crippen LogP contribution in [0.5, 0.6) is 5.75 Å². The summed E-state index contributed by atoms with van der Waals surface area (Å²) in [5.74, 6) is -0.695. The van der Waals surface area contributed by atoms with Crippen LogP contribution >= 0.6 is 0 Å². The van der Waals surface area contributed by atoms with Crippen molar-refractivity contribution < 1.29 is 18.3 Å². The number of benzene rings is 1. The quantitative estimate of drug-likeness (QED) is 0.609. The van der Waals surface area contributed by atoms with Gasteiger partial charge in [0.2, 0.25) is 5.91 Å². The maximum Gasteiger partial charge on any atom is 0.244 e. The average molecular weight is 395 g/mol. The lowest BCUT2D eigenvalue weighted by Gasteiger charge is -2.27. The predicted octanol–water partition coefficient (Wildman–Crippen LogP) is 2.87. The van der Waals surface area contributed by atoms with Gasteiger partial charge in [0.15, 0.2) is 9.84 Å². The normalized spacial score (nSPS) is 20.1. The van der Waals surface area contributed by atoms with Crippen molar-refractivity contribution >= 4 is 22.0 Å². The van der Waals surface area contributed by atoms with Crippen molar-refractivity contribution in [2.75, 3.05) is 11.5 Å². The van der Waals surface area contributed by atoms with Gasteiger partial charge < -0.3 is 5.11 Å². The molecule has 2 rings (SSSR count). The number of phenols is 1. The van der Waals surface area contributed by atoms with Gasteiger partial charge >= 0.3 is 0 Å². The van der Waals surface area contributed by atoms with Crippen molar-refractivity contribution in [2.24, 2.45) is 11.0 Å². The molecule has 1 atom stereocenters. The van der Waals surface area contributed by atoms with Gasteiger partial charge in [0.25, 0.3) is 0 Å². The van der Waals surface area contributed by atoms with Crippen molar-refractivity contribution in [3.63, 3.8) is 0 Å². The Hall–Kier alpha value is -1.89. The molecule has 0 spiro atoms. The molecule has 1 aliphatic rings. The number of nitrogens with zero attached hydrogens (tertiary/aromatic N) is 1. The fraction of sp³-hybridized carbons (Fsp3) is 0.600. The molecule has 0 radical (unpaired) electrons. The Morgan fingerprint density at radius 2 is 1.67 bits per heavy atom. The number of sulfone groups is 1. The molecular formula is C20H30N2O4S. The zero-order chi connectivity index (χ0) is 20.6. The van der Waals surface area contributed by atoms with Crippen LogP contribution in [0.3, 0.4) is 0 Å². The van der Waals surface area contributed by atoms with Gasteiger partial charge in [0.1, 0.15) is 5.75 Å². The van der Waals surface area contributed by atoms with E-state index in [9.17, 15) is 18.3 Å². The molecule has 1 fully saturated rings. The Balaban J connectivity index is 2.25. The third-order valence-electron chi connectivity index (χ3n) is 4.74. The van der Waals surface area contributed by atoms with E-state index in [1.807, 2.05) is 53.7 Å². The molecule has 1 amide bonds. The third-order valence-corrected chi connectivity index (χ3v) is 6.51. The molecule has 150 valence electrons. The van der Waals surface area contributed by atoms with Gasteiger partial charge in [0, 0.05) is 11.1 Å². The van der Waals surface area contributed by atoms with Crippen LogP contribution in [-0.2, 0) is 25.5 Å². The summed E-state index contributed by atoms with van der Waals surface area (Å²) >= 11 is 0. The Morgan fingerprint density at radius 1 is 1.15 bits per heavy atom. The highest BCUT2D eigenvalue weighted by atomic mass is 32.2. The molecule has 0 aliphatic carbocycles. The van der Waals surface area contributed by atoms with E-state index in [1.54, 1.807) is 0 Å². The number of rotatable bonds is 3. The maximum absolute atomic E-state index is 12.1. The Bertz CT molecular complexity index is 824. The molecule has 2 N–H and O–H groups in total. The van der Waals surface area contributed by atoms with E-state index < -0.39 is 15.8 Å². The van der Waals surface area contributed by atoms with Crippen LogP contribution in [0.25, 0.3) is 0 Å². The van der Waals surface area contributed by atoms with Crippen LogP contribution in [0.4, 0.5) is 0 Å². The first-order chi connectivity index (χ1) is 12.2. The second-order valence-corrected chi connectivity index (χ2v) is 11.5. The molecule has 0 bridgehead atoms. The predicted molar refractivity (Wildman–Crippen MR) is 108 cm³/mol. The number of nitrogens with one attached hydrogen (secondary N) is 1. The van der Waals surface area contributed by atoms with Crippen LogP contribution in [-0.4, -0.2) is 37.2 Å². The Labute approximate surface area is 162 Å². The van der Waals surface area contributed by atoms with E-state index in [1.165, 1.54) is 6.21 Å². The van der Waals surface area contributed by atoms with Gasteiger partial charge in [-0.2, -0.15) is 5.10 Å². The van der Waals surface area contributed by atoms with Crippen LogP contribution in [0.15, 0.2) is 17.2 Å². The molecule has 1 aromatic rings. The number of hydrogen-bond donors (Lipinski definition) is 2. The molecule has 0 unspecified atom stereocenters. The first-order valence-electron chi connectivity index (χ1n) is 9.12. The lowest BCUT2D eigenvalue weighted by molar-refractivity contribution is -0.124. The van der Waals surface area contributed by atoms with E-state index in [0.29, 0.717) is 6.42 Å². The average Bonchev–Trinajstić information content (AvgIpc) is 2.86. The Kier molecular flexibility index (Phi) is 5.76. The van der Waals surface area contributed by atoms with Crippen molar-refractivity contribution in [1.29, 1.82) is 0 Å². The summed E-state index contributed by atoms with van der Waals surface area (Å²) in [6, 6.07) is 3.72. The van der Waals surface area contributed by atoms with Crippen LogP contribution in [0.1, 0.15) is 64.7 Å². The van der Waals surface area contributed by atoms with E-state index >= 15 is 0 Å². The zero-order valence-electron chi connectivity index (χ0n) is 17.0. The molecule has 1 saturated heterocycles. The molecule has 1 aromatic carbocycles. The molecule has 6 nitrogen and oxygen atoms in total. The molecule has 27 heavy (non-hydrogen) atoms. The second-order valence-electron chi connectivity index (χ2n) is 9.30. The van der Waals surface area contributed by atoms with Gasteiger partial charge in [0.05, 0.1) is 23.6 Å². The van der Waals surface area contributed by atoms with Gasteiger partial charge in [-0.3, -0.25) is 4.79 Å². The van der Waals surface area contributed by atoms with Crippen molar-refractivity contribution in [2.45, 2.75) is 58.8 Å². The zero-order valence-corrected chi connectivity index (χ0v) is 17.8. The number of phenolic OH excluding ortho intramolecular Hbond substituents is 1. The highest BCUT2D eigenvalue weighted by Gasteiger charge is 2.33. The standard InChI is InChI=1S/C20H30N2O4S/c1-19(2,3)15-9-13(10-16(17(15)23)20(4,5)6)11-21-22-18(24)14-7-8-27(25,26)12-14/h9-11,14,23H,7-8,12H2,1-6H3,(H,22,24)/b21-11+/t14-/m0/s1. The number of amides is 1. The van der Waals surface area contributed by atoms with Crippen LogP contribution in [0.2, 0.25) is 0 Å². The van der Waals surface area contributed by atoms with E-state index in [2.05, 4.69) is 10.5 Å². The summed E-state index contributed by atoms with van der Waals surface area (Å²) in [5, 5.41) is 14.7. The number of carbonyl (C=O) groups is 1. The lowest BCUT2D eigenvalue weighted by atomic mass is 9.78. The van der Waals surface area contributed by atoms with Crippen molar-refractivity contribution in [3.05, 3.63) is 28.8 Å². The highest BCUT2D eigenvalue weighted by Crippen LogP contribution is 2.39. The Morgan fingerprint density at radius 3 is 2.07 bits per heavy atom. The molecular weight excluding hydrogens is 364 g/mol. The summed E-state index contributed by atoms with van der Waals surface area (Å²) in [6.07, 6.45) is 1.87. The van der Waals surface area contributed by atoms with Gasteiger partial charge in [-0.05, 0) is 34.9 Å². The van der Waals surface area contributed by atoms with Crippen molar-refractivity contribution in [1.82, 2.24) is 5.43 Å². The molecule has 1 heterocycles. The highest BCUT2D eigenvalue weighted by molar-refractivity contribution is 7.91. The summed E-state index contributed by atoms with van der Waals surface area (Å²) in [4.78, 5) is 12.1. The number of carbonyl (C=O) groups excluding carboxylic acids is 1. The first kappa shape index (κ1) is 21.4. The fourth-order valence-corrected chi connectivity index (χ4v) is 4.88. The molecule has 0 aromatic heterocycles. The van der Waals surface area contributed by atoms with Gasteiger partial charge in [-0.25, -0.2) is 13.8 Å². The fourth-order valence-electron chi connectivity index (χ4n) is 3.14. The van der Waals surface area contributed by atoms with E-state index in [-0.39, 0.29) is 34.0 Å². The van der Waals surface area contributed by atoms with E-state index in [4.69, 9.17) is 0 Å². The largest absolute Gasteiger partial charge is 0.507 e. The SMILES string of the molecule is CC(C)(C)c1cc(/C=N/NC(=O)[C@H]2CCS(=O)(=O)C2)cc(C(C)(C)C)c1O. The lowest BCUT2D eigenvalue weighted by Crippen LogP contribution is -2.27. The third kappa shape index (κ3) is 5.31. The smallest absolute Gasteiger partial charge is 0.244 e. The summed E-state index contributed by atoms with van der Waals surface area (Å²) in [7, 11) is -3.11. The second kappa shape index (κ2) is 7.26. The molecule has 7 heteroatoms. The van der Waals surface area contributed by atoms with E-state index in [0.717, 1.165) is 16.7 Å². The minimum Gasteiger partial charge on any atom is -0.507 e. The van der Waals surface area contributed by atoms with Crippen LogP contribution in [0, 0.1) is 5.92 Å². The summed E-state index contributed by atoms with van der Waals surface area (Å²) in [6.45, 7) is 12.2. The van der Waals surface area contributed by atoms with Crippen molar-refractivity contribution in [3.8, 4) is 5.75 Å². The minimum atomic E-state index is -3.11. The summed E-state index contributed by atoms with van der Waals surface area (Å²) in [5.41, 5.74) is 4.32. The number of hydrogen-bond acceptors (Lipinski definition) is 5. The number of aromatic hydroxyl groups is 1. The first-order valence-corrected chi connectivity index (χ1v) is 10.9. The molecule has 0 saturated carbocycles. The van der Waals surface area contributed by atoms with Gasteiger partial charge in [-0.1, -0.05) is 41.5 Å². The van der Waals surface area contributed by atoms with Crippen LogP contribution < -0.4 is 5.43 Å². The number of hydrazone groups is 1.